The molecule has 7 unspecified atom stereocenters. The molecule has 0 heterocycles. The summed E-state index contributed by atoms with van der Waals surface area (Å²) in [6, 6.07) is 0. The number of hydrogen-bond acceptors (Lipinski definition) is 12. The lowest BCUT2D eigenvalue weighted by molar-refractivity contribution is -0.220. The van der Waals surface area contributed by atoms with Gasteiger partial charge in [-0.2, -0.15) is 0 Å². The van der Waals surface area contributed by atoms with Gasteiger partial charge < -0.3 is 39.9 Å². The summed E-state index contributed by atoms with van der Waals surface area (Å²) in [6.45, 7) is 3.06. The van der Waals surface area contributed by atoms with Gasteiger partial charge >= 0.3 is 19.8 Å². The number of aliphatic hydroxyl groups excluding tert-OH is 5. The molecule has 1 aliphatic carbocycles. The minimum atomic E-state index is -5.14. The second kappa shape index (κ2) is 37.4. The summed E-state index contributed by atoms with van der Waals surface area (Å²) >= 11 is 0. The Balaban J connectivity index is 2.47. The third-order valence-corrected chi connectivity index (χ3v) is 11.1. The Hall–Kier alpha value is -2.97. The van der Waals surface area contributed by atoms with Crippen molar-refractivity contribution in [3.8, 4) is 0 Å². The first-order valence-corrected chi connectivity index (χ1v) is 24.5. The van der Waals surface area contributed by atoms with Crippen LogP contribution >= 0.6 is 7.82 Å². The Morgan fingerprint density at radius 1 is 0.516 bits per heavy atom. The number of allylic oxidation sites excluding steroid dienone is 14. The highest BCUT2D eigenvalue weighted by Crippen LogP contribution is 2.47. The lowest BCUT2D eigenvalue weighted by atomic mass is 9.85. The van der Waals surface area contributed by atoms with Gasteiger partial charge in [-0.3, -0.25) is 18.6 Å². The van der Waals surface area contributed by atoms with E-state index in [9.17, 15) is 44.6 Å². The van der Waals surface area contributed by atoms with E-state index in [2.05, 4.69) is 44.2 Å². The average molecular weight is 895 g/mol. The maximum atomic E-state index is 12.8. The molecule has 13 nitrogen and oxygen atoms in total. The van der Waals surface area contributed by atoms with Crippen molar-refractivity contribution in [3.63, 3.8) is 0 Å². The summed E-state index contributed by atoms with van der Waals surface area (Å²) in [7, 11) is -5.14. The number of carbonyl (C=O) groups is 2. The van der Waals surface area contributed by atoms with E-state index < -0.39 is 75.7 Å². The van der Waals surface area contributed by atoms with Gasteiger partial charge in [-0.15, -0.1) is 0 Å². The van der Waals surface area contributed by atoms with Gasteiger partial charge in [-0.25, -0.2) is 4.57 Å². The molecule has 1 fully saturated rings. The van der Waals surface area contributed by atoms with E-state index in [1.54, 1.807) is 0 Å². The summed E-state index contributed by atoms with van der Waals surface area (Å²) < 4.78 is 33.4. The van der Waals surface area contributed by atoms with Crippen LogP contribution in [0.3, 0.4) is 0 Å². The zero-order valence-corrected chi connectivity index (χ0v) is 38.3. The zero-order valence-electron chi connectivity index (χ0n) is 37.4. The molecule has 1 saturated carbocycles. The first-order valence-electron chi connectivity index (χ1n) is 23.0. The molecule has 0 spiro atoms. The molecule has 0 bridgehead atoms. The predicted molar refractivity (Wildman–Crippen MR) is 244 cm³/mol. The third kappa shape index (κ3) is 29.4. The van der Waals surface area contributed by atoms with Crippen LogP contribution in [0.1, 0.15) is 149 Å². The maximum absolute atomic E-state index is 12.8. The molecule has 0 radical (unpaired) electrons. The van der Waals surface area contributed by atoms with E-state index in [1.165, 1.54) is 64.2 Å². The molecule has 0 saturated heterocycles. The first kappa shape index (κ1) is 57.0. The van der Waals surface area contributed by atoms with Crippen LogP contribution in [0.5, 0.6) is 0 Å². The lowest BCUT2D eigenvalue weighted by Crippen LogP contribution is -2.64. The number of unbranched alkanes of at least 4 members (excludes halogenated alkanes) is 15. The maximum Gasteiger partial charge on any atom is 0.472 e. The van der Waals surface area contributed by atoms with Crippen LogP contribution < -0.4 is 0 Å². The SMILES string of the molecule is CC/C=C/C=C/C=C/C=C/C=C/CCCC(=O)OC(COC(=O)CCCCCCCCCCCC/C=C/C=C/CCCCCC)COP(=O)(O)OC1C(O)C(O)C(O)[C@H](O)C1O. The summed E-state index contributed by atoms with van der Waals surface area (Å²) in [6.07, 6.45) is 35.1. The fourth-order valence-electron chi connectivity index (χ4n) is 6.42. The molecule has 6 N–H and O–H groups in total. The quantitative estimate of drug-likeness (QED) is 0.0150. The van der Waals surface area contributed by atoms with Gasteiger partial charge in [0.05, 0.1) is 6.61 Å². The third-order valence-electron chi connectivity index (χ3n) is 10.1. The van der Waals surface area contributed by atoms with Gasteiger partial charge in [0.15, 0.2) is 6.10 Å². The monoisotopic (exact) mass is 895 g/mol. The minimum Gasteiger partial charge on any atom is -0.462 e. The van der Waals surface area contributed by atoms with E-state index in [1.807, 2.05) is 54.7 Å². The lowest BCUT2D eigenvalue weighted by Gasteiger charge is -2.41. The number of ether oxygens (including phenoxy) is 2. The standard InChI is InChI=1S/C48H79O13P/c1-3-5-7-9-11-13-15-17-18-19-20-21-22-23-25-26-28-30-32-34-36-41(49)58-38-40(39-59-62(56,57)61-48-46(54)44(52)43(51)45(53)47(48)55)60-42(50)37-35-33-31-29-27-24-16-14-12-10-8-6-4-2/h6,8,10,12-18,24,27,29,31,40,43-48,51-55H,3-5,7,9,11,19-23,25-26,28,30,32-39H2,1-2H3,(H,56,57)/b8-6+,12-10+,15-13+,16-14+,18-17+,27-24+,31-29+/t40?,43?,44-,45?,46?,47?,48?/m0/s1. The van der Waals surface area contributed by atoms with E-state index >= 15 is 0 Å². The normalized spacial score (nSPS) is 22.6. The molecule has 0 aromatic heterocycles. The molecule has 0 aromatic carbocycles. The molecule has 1 rings (SSSR count). The highest BCUT2D eigenvalue weighted by Gasteiger charge is 2.51. The number of rotatable bonds is 36. The number of aliphatic hydroxyl groups is 5. The molecule has 354 valence electrons. The van der Waals surface area contributed by atoms with Gasteiger partial charge in [0.25, 0.3) is 0 Å². The Morgan fingerprint density at radius 2 is 0.935 bits per heavy atom. The number of phosphoric ester groups is 1. The molecule has 0 amide bonds. The average Bonchev–Trinajstić information content (AvgIpc) is 3.25. The van der Waals surface area contributed by atoms with Gasteiger partial charge in [0, 0.05) is 12.8 Å². The molecular formula is C48H79O13P. The largest absolute Gasteiger partial charge is 0.472 e. The zero-order chi connectivity index (χ0) is 45.7. The highest BCUT2D eigenvalue weighted by atomic mass is 31.2. The highest BCUT2D eigenvalue weighted by molar-refractivity contribution is 7.47. The van der Waals surface area contributed by atoms with Crippen LogP contribution in [-0.2, 0) is 32.7 Å². The molecule has 8 atom stereocenters. The summed E-state index contributed by atoms with van der Waals surface area (Å²) in [4.78, 5) is 35.6. The van der Waals surface area contributed by atoms with Gasteiger partial charge in [0.2, 0.25) is 0 Å². The van der Waals surface area contributed by atoms with Crippen molar-refractivity contribution in [2.24, 2.45) is 0 Å². The number of hydrogen-bond donors (Lipinski definition) is 6. The Labute approximate surface area is 371 Å². The van der Waals surface area contributed by atoms with Crippen molar-refractivity contribution in [2.45, 2.75) is 191 Å². The Bertz CT molecular complexity index is 1400. The minimum absolute atomic E-state index is 0.00464. The van der Waals surface area contributed by atoms with Crippen LogP contribution in [0.2, 0.25) is 0 Å². The van der Waals surface area contributed by atoms with E-state index in [0.717, 1.165) is 38.5 Å². The van der Waals surface area contributed by atoms with Crippen molar-refractivity contribution < 1.29 is 63.1 Å². The van der Waals surface area contributed by atoms with Crippen molar-refractivity contribution in [2.75, 3.05) is 13.2 Å². The second-order valence-electron chi connectivity index (χ2n) is 15.7. The molecule has 0 aromatic rings. The summed E-state index contributed by atoms with van der Waals surface area (Å²) in [5.74, 6) is -1.20. The summed E-state index contributed by atoms with van der Waals surface area (Å²) in [5.41, 5.74) is 0. The number of esters is 2. The number of carbonyl (C=O) groups excluding carboxylic acids is 2. The Morgan fingerprint density at radius 3 is 1.47 bits per heavy atom. The smallest absolute Gasteiger partial charge is 0.462 e. The molecule has 14 heteroatoms. The van der Waals surface area contributed by atoms with Crippen molar-refractivity contribution >= 4 is 19.8 Å². The fraction of sp³-hybridized carbons (Fsp3) is 0.667. The van der Waals surface area contributed by atoms with Crippen LogP contribution in [0.15, 0.2) is 85.1 Å². The van der Waals surface area contributed by atoms with E-state index in [-0.39, 0.29) is 12.8 Å². The van der Waals surface area contributed by atoms with Gasteiger partial charge in [-0.05, 0) is 51.4 Å². The topological polar surface area (TPSA) is 210 Å². The predicted octanol–water partition coefficient (Wildman–Crippen LogP) is 8.89. The van der Waals surface area contributed by atoms with Crippen LogP contribution in [0.4, 0.5) is 0 Å². The Kier molecular flexibility index (Phi) is 34.4. The number of phosphoric acid groups is 1. The van der Waals surface area contributed by atoms with Gasteiger partial charge in [-0.1, -0.05) is 170 Å². The van der Waals surface area contributed by atoms with Gasteiger partial charge in [0.1, 0.15) is 43.2 Å². The molecule has 0 aliphatic heterocycles. The van der Waals surface area contributed by atoms with Crippen LogP contribution in [0, 0.1) is 0 Å². The first-order chi connectivity index (χ1) is 29.9. The molecule has 1 aliphatic rings. The van der Waals surface area contributed by atoms with Crippen LogP contribution in [0.25, 0.3) is 0 Å². The van der Waals surface area contributed by atoms with Crippen molar-refractivity contribution in [1.29, 1.82) is 0 Å². The van der Waals surface area contributed by atoms with E-state index in [4.69, 9.17) is 18.5 Å². The van der Waals surface area contributed by atoms with Crippen molar-refractivity contribution in [1.82, 2.24) is 0 Å². The van der Waals surface area contributed by atoms with Crippen LogP contribution in [-0.4, -0.2) is 98.3 Å². The molecular weight excluding hydrogens is 815 g/mol. The summed E-state index contributed by atoms with van der Waals surface area (Å²) in [5, 5.41) is 50.1. The van der Waals surface area contributed by atoms with Crippen molar-refractivity contribution in [3.05, 3.63) is 85.1 Å². The molecule has 62 heavy (non-hydrogen) atoms. The van der Waals surface area contributed by atoms with E-state index in [0.29, 0.717) is 19.3 Å². The fourth-order valence-corrected chi connectivity index (χ4v) is 7.40. The second-order valence-corrected chi connectivity index (χ2v) is 17.1.